The first-order valence-electron chi connectivity index (χ1n) is 6.63. The van der Waals surface area contributed by atoms with Crippen LogP contribution in [0.5, 0.6) is 0 Å². The van der Waals surface area contributed by atoms with Gasteiger partial charge in [0, 0.05) is 12.1 Å². The largest absolute Gasteiger partial charge is 0.673 e. The van der Waals surface area contributed by atoms with Crippen LogP contribution in [-0.2, 0) is 14.1 Å². The van der Waals surface area contributed by atoms with Crippen molar-refractivity contribution in [3.05, 3.63) is 48.6 Å². The van der Waals surface area contributed by atoms with Crippen LogP contribution in [0.4, 0.5) is 43.3 Å². The molecule has 2 aromatic rings. The Bertz CT molecular complexity index is 645. The molecule has 0 radical (unpaired) electrons. The second kappa shape index (κ2) is 9.43. The van der Waals surface area contributed by atoms with Gasteiger partial charge in [-0.15, -0.1) is 8.78 Å². The van der Waals surface area contributed by atoms with E-state index < -0.39 is 14.5 Å². The topological polar surface area (TPSA) is 7.76 Å². The first-order valence-corrected chi connectivity index (χ1v) is 6.63. The standard InChI is InChI=1S/C12H12F2N2.2BF4/c1-15-7-9(3-5-11(15)13)10-4-6-12(14)16(2)8-10;2*2-1(3,4)5/h3-8H,1-2H3;;/q+2;2*-1. The van der Waals surface area contributed by atoms with Crippen LogP contribution >= 0.6 is 0 Å². The highest BCUT2D eigenvalue weighted by atomic mass is 19.5. The molecular weight excluding hydrogens is 384 g/mol. The SMILES string of the molecule is C[n+]1cc(-c2ccc(F)[n+](C)c2)ccc1F.F[B-](F)(F)F.F[B-](F)(F)F. The summed E-state index contributed by atoms with van der Waals surface area (Å²) < 4.78 is 107. The third-order valence-electron chi connectivity index (χ3n) is 2.47. The molecule has 0 amide bonds. The molecule has 26 heavy (non-hydrogen) atoms. The van der Waals surface area contributed by atoms with Crippen LogP contribution in [-0.4, -0.2) is 14.5 Å². The van der Waals surface area contributed by atoms with Crippen LogP contribution in [0, 0.1) is 11.9 Å². The molecule has 14 heteroatoms. The lowest BCUT2D eigenvalue weighted by Crippen LogP contribution is -2.34. The molecule has 2 nitrogen and oxygen atoms in total. The first-order chi connectivity index (χ1) is 11.6. The second-order valence-corrected chi connectivity index (χ2v) is 4.69. The Hall–Kier alpha value is -2.27. The highest BCUT2D eigenvalue weighted by Gasteiger charge is 2.21. The van der Waals surface area contributed by atoms with Gasteiger partial charge in [-0.05, 0) is 12.1 Å². The highest BCUT2D eigenvalue weighted by molar-refractivity contribution is 6.50. The molecule has 0 atom stereocenters. The summed E-state index contributed by atoms with van der Waals surface area (Å²) in [5.74, 6) is -0.620. The first kappa shape index (κ1) is 23.7. The van der Waals surface area contributed by atoms with Gasteiger partial charge in [0.05, 0.1) is 11.1 Å². The Balaban J connectivity index is 0.000000520. The van der Waals surface area contributed by atoms with Gasteiger partial charge in [-0.1, -0.05) is 0 Å². The van der Waals surface area contributed by atoms with Crippen molar-refractivity contribution in [2.75, 3.05) is 0 Å². The zero-order chi connectivity index (χ0) is 20.7. The van der Waals surface area contributed by atoms with Gasteiger partial charge in [0.25, 0.3) is 0 Å². The molecule has 0 saturated heterocycles. The molecule has 0 fully saturated rings. The van der Waals surface area contributed by atoms with Crippen molar-refractivity contribution in [3.63, 3.8) is 0 Å². The number of halogens is 10. The molecule has 0 aliphatic rings. The maximum Gasteiger partial charge on any atom is 0.673 e. The molecule has 0 spiro atoms. The summed E-state index contributed by atoms with van der Waals surface area (Å²) in [7, 11) is -8.75. The van der Waals surface area contributed by atoms with E-state index in [9.17, 15) is 43.3 Å². The molecule has 0 aliphatic heterocycles. The summed E-state index contributed by atoms with van der Waals surface area (Å²) in [6, 6.07) is 6.11. The Morgan fingerprint density at radius 2 is 0.808 bits per heavy atom. The molecule has 2 heterocycles. The van der Waals surface area contributed by atoms with Crippen LogP contribution < -0.4 is 9.13 Å². The summed E-state index contributed by atoms with van der Waals surface area (Å²) in [4.78, 5) is 0. The Morgan fingerprint density at radius 1 is 0.577 bits per heavy atom. The number of nitrogens with zero attached hydrogens (tertiary/aromatic N) is 2. The summed E-state index contributed by atoms with van der Waals surface area (Å²) in [6.07, 6.45) is 3.34. The van der Waals surface area contributed by atoms with Crippen molar-refractivity contribution in [2.24, 2.45) is 14.1 Å². The predicted octanol–water partition coefficient (Wildman–Crippen LogP) is 3.88. The van der Waals surface area contributed by atoms with E-state index in [-0.39, 0.29) is 11.9 Å². The number of aryl methyl sites for hydroxylation is 2. The summed E-state index contributed by atoms with van der Waals surface area (Å²) in [5, 5.41) is 0. The molecule has 0 saturated carbocycles. The van der Waals surface area contributed by atoms with E-state index in [1.807, 2.05) is 0 Å². The highest BCUT2D eigenvalue weighted by Crippen LogP contribution is 2.15. The summed E-state index contributed by atoms with van der Waals surface area (Å²) >= 11 is 0. The number of hydrogen-bond donors (Lipinski definition) is 0. The quantitative estimate of drug-likeness (QED) is 0.299. The lowest BCUT2D eigenvalue weighted by Gasteiger charge is -1.98. The third kappa shape index (κ3) is 12.1. The van der Waals surface area contributed by atoms with Crippen molar-refractivity contribution in [1.29, 1.82) is 0 Å². The number of rotatable bonds is 1. The zero-order valence-electron chi connectivity index (χ0n) is 13.3. The van der Waals surface area contributed by atoms with Gasteiger partial charge in [0.15, 0.2) is 12.4 Å². The van der Waals surface area contributed by atoms with E-state index in [2.05, 4.69) is 0 Å². The number of pyridine rings is 2. The monoisotopic (exact) mass is 396 g/mol. The van der Waals surface area contributed by atoms with E-state index >= 15 is 0 Å². The molecule has 146 valence electrons. The molecule has 0 aliphatic carbocycles. The Morgan fingerprint density at radius 3 is 1.00 bits per heavy atom. The molecule has 0 N–H and O–H groups in total. The number of hydrogen-bond acceptors (Lipinski definition) is 0. The van der Waals surface area contributed by atoms with Gasteiger partial charge in [-0.25, -0.2) is 0 Å². The van der Waals surface area contributed by atoms with Gasteiger partial charge < -0.3 is 34.5 Å². The molecule has 2 rings (SSSR count). The number of aromatic nitrogens is 2. The minimum Gasteiger partial charge on any atom is -0.418 e. The van der Waals surface area contributed by atoms with Gasteiger partial charge in [-0.2, -0.15) is 9.13 Å². The average Bonchev–Trinajstić information content (AvgIpc) is 2.41. The van der Waals surface area contributed by atoms with E-state index in [1.165, 1.54) is 21.3 Å². The van der Waals surface area contributed by atoms with Crippen molar-refractivity contribution >= 4 is 14.5 Å². The fourth-order valence-corrected chi connectivity index (χ4v) is 1.52. The van der Waals surface area contributed by atoms with Crippen molar-refractivity contribution < 1.29 is 52.4 Å². The van der Waals surface area contributed by atoms with Crippen molar-refractivity contribution in [3.8, 4) is 11.1 Å². The second-order valence-electron chi connectivity index (χ2n) is 4.69. The van der Waals surface area contributed by atoms with Crippen LogP contribution in [0.25, 0.3) is 11.1 Å². The minimum absolute atomic E-state index is 0.310. The maximum absolute atomic E-state index is 13.1. The lowest BCUT2D eigenvalue weighted by molar-refractivity contribution is -0.701. The lowest BCUT2D eigenvalue weighted by atomic mass is 10.1. The van der Waals surface area contributed by atoms with Gasteiger partial charge in [0.1, 0.15) is 14.1 Å². The predicted molar refractivity (Wildman–Crippen MR) is 74.5 cm³/mol. The van der Waals surface area contributed by atoms with Crippen LogP contribution in [0.3, 0.4) is 0 Å². The fourth-order valence-electron chi connectivity index (χ4n) is 1.52. The molecule has 2 aromatic heterocycles. The molecule has 0 unspecified atom stereocenters. The molecule has 0 aromatic carbocycles. The van der Waals surface area contributed by atoms with E-state index in [0.717, 1.165) is 11.1 Å². The third-order valence-corrected chi connectivity index (χ3v) is 2.47. The normalized spacial score (nSPS) is 11.1. The Labute approximate surface area is 141 Å². The van der Waals surface area contributed by atoms with E-state index in [1.54, 1.807) is 38.6 Å². The van der Waals surface area contributed by atoms with Crippen molar-refractivity contribution in [1.82, 2.24) is 0 Å². The van der Waals surface area contributed by atoms with Crippen molar-refractivity contribution in [2.45, 2.75) is 0 Å². The van der Waals surface area contributed by atoms with Gasteiger partial charge in [0.2, 0.25) is 0 Å². The maximum atomic E-state index is 13.1. The molecular formula is C12H12B2F10N2. The summed E-state index contributed by atoms with van der Waals surface area (Å²) in [6.45, 7) is 0. The smallest absolute Gasteiger partial charge is 0.418 e. The zero-order valence-corrected chi connectivity index (χ0v) is 13.3. The van der Waals surface area contributed by atoms with E-state index in [4.69, 9.17) is 0 Å². The summed E-state index contributed by atoms with van der Waals surface area (Å²) in [5.41, 5.74) is 1.69. The minimum atomic E-state index is -6.00. The van der Waals surface area contributed by atoms with Crippen LogP contribution in [0.15, 0.2) is 36.7 Å². The molecule has 0 bridgehead atoms. The van der Waals surface area contributed by atoms with Crippen LogP contribution in [0.1, 0.15) is 0 Å². The van der Waals surface area contributed by atoms with Gasteiger partial charge >= 0.3 is 26.4 Å². The van der Waals surface area contributed by atoms with Crippen LogP contribution in [0.2, 0.25) is 0 Å². The average molecular weight is 396 g/mol. The van der Waals surface area contributed by atoms with E-state index in [0.29, 0.717) is 0 Å². The Kier molecular flexibility index (Phi) is 8.61. The fraction of sp³-hybridized carbons (Fsp3) is 0.167. The van der Waals surface area contributed by atoms with Gasteiger partial charge in [-0.3, -0.25) is 0 Å².